The zero-order valence-electron chi connectivity index (χ0n) is 10.8. The Labute approximate surface area is 106 Å². The molecule has 0 fully saturated rings. The van der Waals surface area contributed by atoms with E-state index >= 15 is 0 Å². The Balaban J connectivity index is 2.49. The van der Waals surface area contributed by atoms with Crippen molar-refractivity contribution in [3.63, 3.8) is 0 Å². The molecule has 0 spiro atoms. The highest BCUT2D eigenvalue weighted by atomic mass is 19.1. The summed E-state index contributed by atoms with van der Waals surface area (Å²) in [5, 5.41) is 0. The minimum Gasteiger partial charge on any atom is -0.289 e. The topological polar surface area (TPSA) is 17.1 Å². The average molecular weight is 242 g/mol. The van der Waals surface area contributed by atoms with Crippen LogP contribution in [0.4, 0.5) is 4.39 Å². The lowest BCUT2D eigenvalue weighted by molar-refractivity contribution is 0.103. The molecule has 0 atom stereocenters. The van der Waals surface area contributed by atoms with Crippen LogP contribution >= 0.6 is 0 Å². The summed E-state index contributed by atoms with van der Waals surface area (Å²) in [5.74, 6) is -0.516. The van der Waals surface area contributed by atoms with Gasteiger partial charge in [-0.3, -0.25) is 4.79 Å². The first kappa shape index (κ1) is 12.5. The maximum absolute atomic E-state index is 13.1. The molecule has 1 nitrogen and oxygen atoms in total. The zero-order chi connectivity index (χ0) is 13.3. The molecule has 2 aromatic rings. The Kier molecular flexibility index (Phi) is 3.28. The van der Waals surface area contributed by atoms with E-state index in [4.69, 9.17) is 0 Å². The summed E-state index contributed by atoms with van der Waals surface area (Å²) in [6.45, 7) is 5.88. The van der Waals surface area contributed by atoms with E-state index in [0.717, 1.165) is 16.7 Å². The lowest BCUT2D eigenvalue weighted by atomic mass is 9.95. The normalized spacial score (nSPS) is 10.4. The molecule has 0 aliphatic carbocycles. The predicted molar refractivity (Wildman–Crippen MR) is 70.5 cm³/mol. The third kappa shape index (κ3) is 2.33. The van der Waals surface area contributed by atoms with Crippen molar-refractivity contribution in [3.05, 3.63) is 70.0 Å². The Hall–Kier alpha value is -1.96. The van der Waals surface area contributed by atoms with Crippen molar-refractivity contribution in [2.45, 2.75) is 20.8 Å². The van der Waals surface area contributed by atoms with Crippen LogP contribution in [-0.4, -0.2) is 5.78 Å². The SMILES string of the molecule is Cc1cc(C)c(C(=O)c2cccc(F)c2)cc1C. The molecule has 92 valence electrons. The van der Waals surface area contributed by atoms with E-state index in [1.54, 1.807) is 12.1 Å². The van der Waals surface area contributed by atoms with Gasteiger partial charge in [-0.1, -0.05) is 18.2 Å². The third-order valence-electron chi connectivity index (χ3n) is 3.17. The second-order valence-electron chi connectivity index (χ2n) is 4.59. The van der Waals surface area contributed by atoms with Crippen molar-refractivity contribution < 1.29 is 9.18 Å². The summed E-state index contributed by atoms with van der Waals surface area (Å²) in [7, 11) is 0. The van der Waals surface area contributed by atoms with E-state index < -0.39 is 0 Å². The van der Waals surface area contributed by atoms with Gasteiger partial charge in [0.2, 0.25) is 0 Å². The van der Waals surface area contributed by atoms with Gasteiger partial charge in [-0.2, -0.15) is 0 Å². The van der Waals surface area contributed by atoms with Gasteiger partial charge >= 0.3 is 0 Å². The van der Waals surface area contributed by atoms with Crippen LogP contribution in [0.1, 0.15) is 32.6 Å². The minimum atomic E-state index is -0.387. The molecule has 2 heteroatoms. The van der Waals surface area contributed by atoms with E-state index in [1.807, 2.05) is 32.9 Å². The molecule has 0 saturated carbocycles. The van der Waals surface area contributed by atoms with Crippen molar-refractivity contribution >= 4 is 5.78 Å². The van der Waals surface area contributed by atoms with E-state index in [0.29, 0.717) is 11.1 Å². The number of aryl methyl sites for hydroxylation is 3. The summed E-state index contributed by atoms with van der Waals surface area (Å²) in [5.41, 5.74) is 4.18. The Morgan fingerprint density at radius 3 is 2.28 bits per heavy atom. The fraction of sp³-hybridized carbons (Fsp3) is 0.188. The van der Waals surface area contributed by atoms with Crippen LogP contribution in [-0.2, 0) is 0 Å². The maximum Gasteiger partial charge on any atom is 0.193 e. The van der Waals surface area contributed by atoms with Gasteiger partial charge < -0.3 is 0 Å². The molecular weight excluding hydrogens is 227 g/mol. The third-order valence-corrected chi connectivity index (χ3v) is 3.17. The number of ketones is 1. The molecule has 0 aromatic heterocycles. The van der Waals surface area contributed by atoms with Crippen LogP contribution < -0.4 is 0 Å². The number of carbonyl (C=O) groups is 1. The number of rotatable bonds is 2. The van der Waals surface area contributed by atoms with E-state index in [9.17, 15) is 9.18 Å². The van der Waals surface area contributed by atoms with Gasteiger partial charge in [-0.05, 0) is 55.7 Å². The first-order valence-corrected chi connectivity index (χ1v) is 5.87. The van der Waals surface area contributed by atoms with Crippen molar-refractivity contribution in [3.8, 4) is 0 Å². The zero-order valence-corrected chi connectivity index (χ0v) is 10.8. The van der Waals surface area contributed by atoms with Gasteiger partial charge in [0.25, 0.3) is 0 Å². The fourth-order valence-electron chi connectivity index (χ4n) is 1.99. The van der Waals surface area contributed by atoms with Gasteiger partial charge in [0, 0.05) is 11.1 Å². The Morgan fingerprint density at radius 1 is 0.944 bits per heavy atom. The van der Waals surface area contributed by atoms with Crippen LogP contribution in [0.5, 0.6) is 0 Å². The number of halogens is 1. The molecule has 18 heavy (non-hydrogen) atoms. The highest BCUT2D eigenvalue weighted by Crippen LogP contribution is 2.19. The molecule has 0 aliphatic heterocycles. The fourth-order valence-corrected chi connectivity index (χ4v) is 1.99. The van der Waals surface area contributed by atoms with Crippen LogP contribution in [0.3, 0.4) is 0 Å². The van der Waals surface area contributed by atoms with Crippen LogP contribution in [0, 0.1) is 26.6 Å². The van der Waals surface area contributed by atoms with Crippen molar-refractivity contribution in [1.82, 2.24) is 0 Å². The van der Waals surface area contributed by atoms with Crippen molar-refractivity contribution in [2.24, 2.45) is 0 Å². The first-order valence-electron chi connectivity index (χ1n) is 5.87. The van der Waals surface area contributed by atoms with Crippen molar-refractivity contribution in [2.75, 3.05) is 0 Å². The standard InChI is InChI=1S/C16H15FO/c1-10-7-12(3)15(8-11(10)2)16(18)13-5-4-6-14(17)9-13/h4-9H,1-3H3. The number of benzene rings is 2. The molecule has 0 bridgehead atoms. The van der Waals surface area contributed by atoms with Gasteiger partial charge in [-0.15, -0.1) is 0 Å². The predicted octanol–water partition coefficient (Wildman–Crippen LogP) is 3.98. The lowest BCUT2D eigenvalue weighted by Crippen LogP contribution is -2.05. The van der Waals surface area contributed by atoms with Gasteiger partial charge in [0.1, 0.15) is 5.82 Å². The second-order valence-corrected chi connectivity index (χ2v) is 4.59. The highest BCUT2D eigenvalue weighted by molar-refractivity contribution is 6.10. The molecule has 0 radical (unpaired) electrons. The van der Waals surface area contributed by atoms with Gasteiger partial charge in [-0.25, -0.2) is 4.39 Å². The minimum absolute atomic E-state index is 0.130. The maximum atomic E-state index is 13.1. The summed E-state index contributed by atoms with van der Waals surface area (Å²) in [6, 6.07) is 9.67. The van der Waals surface area contributed by atoms with E-state index in [2.05, 4.69) is 0 Å². The highest BCUT2D eigenvalue weighted by Gasteiger charge is 2.13. The van der Waals surface area contributed by atoms with Crippen LogP contribution in [0.15, 0.2) is 36.4 Å². The lowest BCUT2D eigenvalue weighted by Gasteiger charge is -2.09. The number of hydrogen-bond acceptors (Lipinski definition) is 1. The van der Waals surface area contributed by atoms with Gasteiger partial charge in [0.05, 0.1) is 0 Å². The van der Waals surface area contributed by atoms with Crippen LogP contribution in [0.2, 0.25) is 0 Å². The first-order chi connectivity index (χ1) is 8.49. The number of carbonyl (C=O) groups excluding carboxylic acids is 1. The van der Waals surface area contributed by atoms with Gasteiger partial charge in [0.15, 0.2) is 5.78 Å². The average Bonchev–Trinajstić information content (AvgIpc) is 2.33. The summed E-state index contributed by atoms with van der Waals surface area (Å²) < 4.78 is 13.1. The van der Waals surface area contributed by atoms with E-state index in [1.165, 1.54) is 12.1 Å². The molecule has 0 saturated heterocycles. The second kappa shape index (κ2) is 4.73. The number of hydrogen-bond donors (Lipinski definition) is 0. The molecule has 0 N–H and O–H groups in total. The largest absolute Gasteiger partial charge is 0.289 e. The molecular formula is C16H15FO. The smallest absolute Gasteiger partial charge is 0.193 e. The molecule has 0 aliphatic rings. The summed E-state index contributed by atoms with van der Waals surface area (Å²) in [6.07, 6.45) is 0. The molecule has 2 rings (SSSR count). The monoisotopic (exact) mass is 242 g/mol. The van der Waals surface area contributed by atoms with E-state index in [-0.39, 0.29) is 11.6 Å². The summed E-state index contributed by atoms with van der Waals surface area (Å²) in [4.78, 5) is 12.3. The Bertz CT molecular complexity index is 614. The van der Waals surface area contributed by atoms with Crippen LogP contribution in [0.25, 0.3) is 0 Å². The molecule has 0 heterocycles. The molecule has 0 amide bonds. The Morgan fingerprint density at radius 2 is 1.61 bits per heavy atom. The quantitative estimate of drug-likeness (QED) is 0.728. The van der Waals surface area contributed by atoms with Crippen molar-refractivity contribution in [1.29, 1.82) is 0 Å². The summed E-state index contributed by atoms with van der Waals surface area (Å²) >= 11 is 0. The molecule has 0 unspecified atom stereocenters. The molecule has 2 aromatic carbocycles.